The van der Waals surface area contributed by atoms with Gasteiger partial charge in [0.15, 0.2) is 5.50 Å². The van der Waals surface area contributed by atoms with Crippen LogP contribution in [-0.4, -0.2) is 57.3 Å². The first-order valence-corrected chi connectivity index (χ1v) is 8.28. The Morgan fingerprint density at radius 2 is 2.05 bits per heavy atom. The molecule has 0 saturated heterocycles. The van der Waals surface area contributed by atoms with Gasteiger partial charge in [-0.2, -0.15) is 0 Å². The molecule has 1 aliphatic heterocycles. The van der Waals surface area contributed by atoms with Crippen LogP contribution in [0.3, 0.4) is 0 Å². The molecular weight excluding hydrogens is 300 g/mol. The molecule has 1 aromatic carbocycles. The van der Waals surface area contributed by atoms with Crippen LogP contribution in [0.15, 0.2) is 29.3 Å². The molecule has 22 heavy (non-hydrogen) atoms. The maximum atomic E-state index is 5.51. The quantitative estimate of drug-likeness (QED) is 0.772. The Bertz CT molecular complexity index is 560. The summed E-state index contributed by atoms with van der Waals surface area (Å²) in [6.07, 6.45) is 5.89. The number of hydrogen-bond acceptors (Lipinski definition) is 6. The molecule has 0 radical (unpaired) electrons. The fourth-order valence-corrected chi connectivity index (χ4v) is 3.02. The molecule has 6 heteroatoms. The summed E-state index contributed by atoms with van der Waals surface area (Å²) in [5.74, 6) is 1.61. The van der Waals surface area contributed by atoms with Gasteiger partial charge in [-0.15, -0.1) is 11.8 Å². The molecule has 5 nitrogen and oxygen atoms in total. The van der Waals surface area contributed by atoms with Gasteiger partial charge in [0, 0.05) is 25.4 Å². The van der Waals surface area contributed by atoms with Gasteiger partial charge in [-0.05, 0) is 30.5 Å². The number of hydrogen-bond donors (Lipinski definition) is 0. The van der Waals surface area contributed by atoms with Crippen molar-refractivity contribution in [1.29, 1.82) is 0 Å². The van der Waals surface area contributed by atoms with Crippen LogP contribution in [0.25, 0.3) is 5.70 Å². The third-order valence-corrected chi connectivity index (χ3v) is 4.25. The lowest BCUT2D eigenvalue weighted by molar-refractivity contribution is 0.170. The smallest absolute Gasteiger partial charge is 0.168 e. The molecule has 0 amide bonds. The number of rotatable bonds is 7. The summed E-state index contributed by atoms with van der Waals surface area (Å²) in [5.41, 5.74) is 2.08. The van der Waals surface area contributed by atoms with Gasteiger partial charge in [0.2, 0.25) is 0 Å². The Kier molecular flexibility index (Phi) is 6.15. The number of methoxy groups -OCH3 is 3. The third kappa shape index (κ3) is 3.56. The second-order valence-electron chi connectivity index (χ2n) is 4.66. The molecule has 0 aromatic heterocycles. The van der Waals surface area contributed by atoms with Crippen molar-refractivity contribution in [3.8, 4) is 11.5 Å². The van der Waals surface area contributed by atoms with Crippen LogP contribution in [0.2, 0.25) is 0 Å². The second-order valence-corrected chi connectivity index (χ2v) is 5.56. The molecule has 0 fully saturated rings. The molecule has 0 N–H and O–H groups in total. The number of benzene rings is 1. The largest absolute Gasteiger partial charge is 0.497 e. The van der Waals surface area contributed by atoms with Gasteiger partial charge in [0.05, 0.1) is 26.5 Å². The van der Waals surface area contributed by atoms with Gasteiger partial charge < -0.3 is 19.1 Å². The topological polar surface area (TPSA) is 43.3 Å². The highest BCUT2D eigenvalue weighted by atomic mass is 32.2. The molecule has 120 valence electrons. The minimum Gasteiger partial charge on any atom is -0.497 e. The molecule has 0 bridgehead atoms. The zero-order valence-corrected chi connectivity index (χ0v) is 14.2. The second kappa shape index (κ2) is 8.10. The van der Waals surface area contributed by atoms with E-state index < -0.39 is 0 Å². The van der Waals surface area contributed by atoms with E-state index in [-0.39, 0.29) is 5.50 Å². The van der Waals surface area contributed by atoms with Crippen molar-refractivity contribution in [1.82, 2.24) is 4.90 Å². The molecule has 1 aliphatic rings. The Hall–Kier alpha value is -1.66. The van der Waals surface area contributed by atoms with Gasteiger partial charge in [-0.1, -0.05) is 0 Å². The number of allylic oxidation sites excluding steroid dienone is 1. The first kappa shape index (κ1) is 16.7. The van der Waals surface area contributed by atoms with Gasteiger partial charge >= 0.3 is 0 Å². The highest BCUT2D eigenvalue weighted by molar-refractivity contribution is 7.99. The van der Waals surface area contributed by atoms with Crippen molar-refractivity contribution in [3.63, 3.8) is 0 Å². The van der Waals surface area contributed by atoms with Crippen molar-refractivity contribution in [2.24, 2.45) is 4.99 Å². The Morgan fingerprint density at radius 3 is 2.68 bits per heavy atom. The van der Waals surface area contributed by atoms with Crippen molar-refractivity contribution >= 4 is 23.7 Å². The minimum atomic E-state index is 0.0334. The van der Waals surface area contributed by atoms with E-state index in [1.54, 1.807) is 33.1 Å². The van der Waals surface area contributed by atoms with Crippen LogP contribution in [0.4, 0.5) is 0 Å². The predicted molar refractivity (Wildman–Crippen MR) is 91.9 cm³/mol. The average molecular weight is 322 g/mol. The molecule has 1 aromatic rings. The average Bonchev–Trinajstić information content (AvgIpc) is 2.58. The van der Waals surface area contributed by atoms with E-state index >= 15 is 0 Å². The molecule has 1 unspecified atom stereocenters. The van der Waals surface area contributed by atoms with Crippen LogP contribution in [0.1, 0.15) is 5.56 Å². The highest BCUT2D eigenvalue weighted by Gasteiger charge is 2.24. The van der Waals surface area contributed by atoms with Crippen LogP contribution >= 0.6 is 11.8 Å². The summed E-state index contributed by atoms with van der Waals surface area (Å²) in [6.45, 7) is 1.39. The summed E-state index contributed by atoms with van der Waals surface area (Å²) in [4.78, 5) is 6.73. The number of nitrogens with zero attached hydrogens (tertiary/aromatic N) is 2. The van der Waals surface area contributed by atoms with E-state index in [4.69, 9.17) is 14.2 Å². The van der Waals surface area contributed by atoms with Crippen LogP contribution < -0.4 is 9.47 Å². The maximum absolute atomic E-state index is 5.51. The monoisotopic (exact) mass is 322 g/mol. The van der Waals surface area contributed by atoms with Gasteiger partial charge in [-0.25, -0.2) is 0 Å². The van der Waals surface area contributed by atoms with Crippen molar-refractivity contribution in [3.05, 3.63) is 29.8 Å². The molecule has 0 aliphatic carbocycles. The van der Waals surface area contributed by atoms with E-state index in [0.717, 1.165) is 29.3 Å². The first-order chi connectivity index (χ1) is 10.7. The lowest BCUT2D eigenvalue weighted by Gasteiger charge is -2.34. The zero-order valence-electron chi connectivity index (χ0n) is 13.4. The van der Waals surface area contributed by atoms with Crippen LogP contribution in [0, 0.1) is 0 Å². The van der Waals surface area contributed by atoms with Crippen LogP contribution in [0.5, 0.6) is 11.5 Å². The lowest BCUT2D eigenvalue weighted by Crippen LogP contribution is -2.35. The van der Waals surface area contributed by atoms with Gasteiger partial charge in [-0.3, -0.25) is 4.99 Å². The van der Waals surface area contributed by atoms with E-state index in [9.17, 15) is 0 Å². The highest BCUT2D eigenvalue weighted by Crippen LogP contribution is 2.35. The Labute approximate surface area is 136 Å². The summed E-state index contributed by atoms with van der Waals surface area (Å²) >= 11 is 1.69. The minimum absolute atomic E-state index is 0.0334. The Morgan fingerprint density at radius 1 is 1.23 bits per heavy atom. The van der Waals surface area contributed by atoms with Crippen molar-refractivity contribution in [2.45, 2.75) is 5.50 Å². The number of ether oxygens (including phenoxy) is 3. The SMILES string of the molecule is COCCN1C(c2cc(OC)ccc2OC)=CC=NC1SC. The third-order valence-electron chi connectivity index (χ3n) is 3.45. The summed E-state index contributed by atoms with van der Waals surface area (Å²) in [7, 11) is 5.04. The maximum Gasteiger partial charge on any atom is 0.168 e. The molecule has 1 heterocycles. The van der Waals surface area contributed by atoms with E-state index in [1.807, 2.05) is 36.7 Å². The summed E-state index contributed by atoms with van der Waals surface area (Å²) in [5, 5.41) is 0. The molecule has 0 saturated carbocycles. The van der Waals surface area contributed by atoms with Crippen LogP contribution in [-0.2, 0) is 4.74 Å². The normalized spacial score (nSPS) is 17.4. The standard InChI is InChI=1S/C16H22N2O3S/c1-19-10-9-18-14(7-8-17-16(18)22-4)13-11-12(20-2)5-6-15(13)21-3/h5-8,11,16H,9-10H2,1-4H3. The fourth-order valence-electron chi connectivity index (χ4n) is 2.35. The molecular formula is C16H22N2O3S. The fraction of sp³-hybridized carbons (Fsp3) is 0.438. The van der Waals surface area contributed by atoms with Crippen molar-refractivity contribution in [2.75, 3.05) is 40.7 Å². The molecule has 2 rings (SSSR count). The molecule has 1 atom stereocenters. The van der Waals surface area contributed by atoms with Gasteiger partial charge in [0.1, 0.15) is 11.5 Å². The zero-order chi connectivity index (χ0) is 15.9. The molecule has 0 spiro atoms. The van der Waals surface area contributed by atoms with E-state index in [1.165, 1.54) is 0 Å². The van der Waals surface area contributed by atoms with E-state index in [2.05, 4.69) is 9.89 Å². The summed E-state index contributed by atoms with van der Waals surface area (Å²) in [6, 6.07) is 5.80. The lowest BCUT2D eigenvalue weighted by atomic mass is 10.1. The first-order valence-electron chi connectivity index (χ1n) is 6.99. The van der Waals surface area contributed by atoms with Crippen molar-refractivity contribution < 1.29 is 14.2 Å². The summed E-state index contributed by atoms with van der Waals surface area (Å²) < 4.78 is 16.1. The van der Waals surface area contributed by atoms with Gasteiger partial charge in [0.25, 0.3) is 0 Å². The predicted octanol–water partition coefficient (Wildman–Crippen LogP) is 2.72. The Balaban J connectivity index is 2.42. The number of thioether (sulfide) groups is 1. The van der Waals surface area contributed by atoms with E-state index in [0.29, 0.717) is 6.61 Å². The number of aliphatic imine (C=N–C) groups is 1.